The van der Waals surface area contributed by atoms with Gasteiger partial charge in [-0.2, -0.15) is 0 Å². The smallest absolute Gasteiger partial charge is 0.107 e. The number of aliphatic hydroxyl groups is 3. The summed E-state index contributed by atoms with van der Waals surface area (Å²) in [5.41, 5.74) is 8.30. The first-order chi connectivity index (χ1) is 7.15. The summed E-state index contributed by atoms with van der Waals surface area (Å²) < 4.78 is 5.25. The van der Waals surface area contributed by atoms with Gasteiger partial charge in [0.05, 0.1) is 31.0 Å². The monoisotopic (exact) mass is 217 g/mol. The largest absolute Gasteiger partial charge is 0.394 e. The summed E-state index contributed by atoms with van der Waals surface area (Å²) in [6.07, 6.45) is -3.04. The second-order valence-electron chi connectivity index (χ2n) is 3.48. The molecule has 1 rings (SSSR count). The second kappa shape index (κ2) is 5.29. The van der Waals surface area contributed by atoms with Crippen LogP contribution in [-0.2, 0) is 4.74 Å². The molecule has 1 heterocycles. The van der Waals surface area contributed by atoms with Crippen LogP contribution in [0.25, 0.3) is 10.4 Å². The average Bonchev–Trinajstić information content (AvgIpc) is 2.25. The zero-order valence-electron chi connectivity index (χ0n) is 8.39. The third kappa shape index (κ3) is 2.39. The summed E-state index contributed by atoms with van der Waals surface area (Å²) in [4.78, 5) is 2.57. The maximum atomic E-state index is 9.71. The summed E-state index contributed by atoms with van der Waals surface area (Å²) in [6.45, 7) is 1.43. The van der Waals surface area contributed by atoms with E-state index in [1.165, 1.54) is 0 Å². The lowest BCUT2D eigenvalue weighted by molar-refractivity contribution is -0.188. The highest BCUT2D eigenvalue weighted by Crippen LogP contribution is 2.25. The van der Waals surface area contributed by atoms with Crippen molar-refractivity contribution in [2.45, 2.75) is 43.8 Å². The van der Waals surface area contributed by atoms with Crippen molar-refractivity contribution >= 4 is 0 Å². The fourth-order valence-corrected chi connectivity index (χ4v) is 1.71. The molecule has 0 amide bonds. The Hall–Kier alpha value is -0.850. The molecule has 3 N–H and O–H groups in total. The van der Waals surface area contributed by atoms with Crippen LogP contribution in [0.3, 0.4) is 0 Å². The van der Waals surface area contributed by atoms with Crippen molar-refractivity contribution in [1.82, 2.24) is 0 Å². The molecule has 0 spiro atoms. The first-order valence-corrected chi connectivity index (χ1v) is 4.82. The summed E-state index contributed by atoms with van der Waals surface area (Å²) in [5.74, 6) is 0. The van der Waals surface area contributed by atoms with Gasteiger partial charge in [0.1, 0.15) is 6.10 Å². The molecule has 1 fully saturated rings. The maximum Gasteiger partial charge on any atom is 0.107 e. The molecular formula is C8H15N3O4. The Kier molecular flexibility index (Phi) is 4.31. The van der Waals surface area contributed by atoms with Crippen LogP contribution in [0.1, 0.15) is 13.3 Å². The van der Waals surface area contributed by atoms with Gasteiger partial charge in [0, 0.05) is 4.91 Å². The van der Waals surface area contributed by atoms with E-state index in [1.807, 2.05) is 0 Å². The number of ether oxygens (including phenoxy) is 1. The lowest BCUT2D eigenvalue weighted by Gasteiger charge is -2.40. The standard InChI is InChI=1S/C8H15N3O4/c1-2-4-7(13)6(10-11-9)8(14)5(3-12)15-4/h4-8,12-14H,2-3H2,1H3/t4-,5?,6-,7?,8+/m1/s1. The molecule has 0 aromatic carbocycles. The van der Waals surface area contributed by atoms with Crippen LogP contribution < -0.4 is 0 Å². The van der Waals surface area contributed by atoms with Gasteiger partial charge >= 0.3 is 0 Å². The fraction of sp³-hybridized carbons (Fsp3) is 1.00. The zero-order chi connectivity index (χ0) is 11.4. The predicted molar refractivity (Wildman–Crippen MR) is 51.0 cm³/mol. The van der Waals surface area contributed by atoms with Crippen molar-refractivity contribution < 1.29 is 20.1 Å². The molecule has 0 aromatic rings. The number of hydrogen-bond donors (Lipinski definition) is 3. The van der Waals surface area contributed by atoms with Crippen molar-refractivity contribution in [3.8, 4) is 0 Å². The minimum atomic E-state index is -1.18. The van der Waals surface area contributed by atoms with Gasteiger partial charge in [-0.05, 0) is 12.0 Å². The third-order valence-corrected chi connectivity index (χ3v) is 2.58. The van der Waals surface area contributed by atoms with Gasteiger partial charge in [0.2, 0.25) is 0 Å². The molecule has 7 nitrogen and oxygen atoms in total. The van der Waals surface area contributed by atoms with Crippen molar-refractivity contribution in [1.29, 1.82) is 0 Å². The molecule has 1 saturated heterocycles. The molecule has 15 heavy (non-hydrogen) atoms. The van der Waals surface area contributed by atoms with Gasteiger partial charge in [0.15, 0.2) is 0 Å². The van der Waals surface area contributed by atoms with Gasteiger partial charge in [-0.1, -0.05) is 12.0 Å². The highest BCUT2D eigenvalue weighted by Gasteiger charge is 2.42. The Labute approximate surface area is 86.9 Å². The molecule has 0 bridgehead atoms. The quantitative estimate of drug-likeness (QED) is 0.337. The predicted octanol–water partition coefficient (Wildman–Crippen LogP) is -0.443. The van der Waals surface area contributed by atoms with E-state index in [4.69, 9.17) is 15.4 Å². The van der Waals surface area contributed by atoms with Crippen LogP contribution in [0.2, 0.25) is 0 Å². The van der Waals surface area contributed by atoms with Gasteiger partial charge in [-0.15, -0.1) is 0 Å². The topological polar surface area (TPSA) is 119 Å². The number of aliphatic hydroxyl groups excluding tert-OH is 3. The average molecular weight is 217 g/mol. The van der Waals surface area contributed by atoms with Gasteiger partial charge in [-0.25, -0.2) is 0 Å². The Balaban J connectivity index is 2.85. The number of hydrogen-bond acceptors (Lipinski definition) is 5. The number of azide groups is 1. The Bertz CT molecular complexity index is 240. The molecule has 0 saturated carbocycles. The van der Waals surface area contributed by atoms with E-state index in [1.54, 1.807) is 6.92 Å². The molecule has 0 aromatic heterocycles. The first-order valence-electron chi connectivity index (χ1n) is 4.82. The van der Waals surface area contributed by atoms with E-state index < -0.39 is 30.5 Å². The van der Waals surface area contributed by atoms with Gasteiger partial charge in [-0.3, -0.25) is 0 Å². The molecule has 0 aliphatic carbocycles. The molecular weight excluding hydrogens is 202 g/mol. The highest BCUT2D eigenvalue weighted by atomic mass is 16.5. The summed E-state index contributed by atoms with van der Waals surface area (Å²) >= 11 is 0. The minimum Gasteiger partial charge on any atom is -0.394 e. The summed E-state index contributed by atoms with van der Waals surface area (Å²) in [6, 6.07) is -0.967. The molecule has 1 aliphatic rings. The molecule has 1 aliphatic heterocycles. The SMILES string of the molecule is CC[C@H]1OC(CO)[C@H](O)[C@H](N=[N+]=[N-])C1O. The van der Waals surface area contributed by atoms with E-state index in [9.17, 15) is 10.2 Å². The van der Waals surface area contributed by atoms with E-state index in [2.05, 4.69) is 10.0 Å². The third-order valence-electron chi connectivity index (χ3n) is 2.58. The Morgan fingerprint density at radius 2 is 1.93 bits per heavy atom. The van der Waals surface area contributed by atoms with Crippen molar-refractivity contribution in [3.05, 3.63) is 10.4 Å². The van der Waals surface area contributed by atoms with Crippen LogP contribution in [0.15, 0.2) is 5.11 Å². The highest BCUT2D eigenvalue weighted by molar-refractivity contribution is 4.96. The van der Waals surface area contributed by atoms with Crippen molar-refractivity contribution in [3.63, 3.8) is 0 Å². The van der Waals surface area contributed by atoms with E-state index in [-0.39, 0.29) is 6.61 Å². The Morgan fingerprint density at radius 1 is 1.33 bits per heavy atom. The molecule has 0 radical (unpaired) electrons. The molecule has 7 heteroatoms. The fourth-order valence-electron chi connectivity index (χ4n) is 1.71. The van der Waals surface area contributed by atoms with E-state index in [0.717, 1.165) is 0 Å². The zero-order valence-corrected chi connectivity index (χ0v) is 8.39. The minimum absolute atomic E-state index is 0.373. The normalized spacial score (nSPS) is 40.9. The summed E-state index contributed by atoms with van der Waals surface area (Å²) in [7, 11) is 0. The van der Waals surface area contributed by atoms with E-state index >= 15 is 0 Å². The summed E-state index contributed by atoms with van der Waals surface area (Å²) in [5, 5.41) is 31.6. The van der Waals surface area contributed by atoms with Crippen LogP contribution in [0, 0.1) is 0 Å². The van der Waals surface area contributed by atoms with E-state index in [0.29, 0.717) is 6.42 Å². The second-order valence-corrected chi connectivity index (χ2v) is 3.48. The first kappa shape index (κ1) is 12.2. The van der Waals surface area contributed by atoms with Gasteiger partial charge in [0.25, 0.3) is 0 Å². The van der Waals surface area contributed by atoms with Crippen LogP contribution in [0.4, 0.5) is 0 Å². The van der Waals surface area contributed by atoms with Crippen molar-refractivity contribution in [2.24, 2.45) is 5.11 Å². The van der Waals surface area contributed by atoms with Crippen molar-refractivity contribution in [2.75, 3.05) is 6.61 Å². The van der Waals surface area contributed by atoms with Crippen LogP contribution in [0.5, 0.6) is 0 Å². The van der Waals surface area contributed by atoms with Gasteiger partial charge < -0.3 is 20.1 Å². The Morgan fingerprint density at radius 3 is 2.40 bits per heavy atom. The molecule has 2 unspecified atom stereocenters. The lowest BCUT2D eigenvalue weighted by atomic mass is 9.92. The van der Waals surface area contributed by atoms with Crippen LogP contribution in [-0.4, -0.2) is 52.4 Å². The molecule has 5 atom stereocenters. The molecule has 86 valence electrons. The lowest BCUT2D eigenvalue weighted by Crippen LogP contribution is -2.57. The number of nitrogens with zero attached hydrogens (tertiary/aromatic N) is 3. The van der Waals surface area contributed by atoms with Crippen LogP contribution >= 0.6 is 0 Å². The maximum absolute atomic E-state index is 9.71. The number of rotatable bonds is 3.